The van der Waals surface area contributed by atoms with E-state index in [2.05, 4.69) is 34.5 Å². The number of nitrogens with zero attached hydrogens (tertiary/aromatic N) is 2. The third-order valence-electron chi connectivity index (χ3n) is 4.34. The van der Waals surface area contributed by atoms with Crippen molar-refractivity contribution in [3.63, 3.8) is 0 Å². The molecular weight excluding hydrogens is 300 g/mol. The maximum absolute atomic E-state index is 5.86. The molecule has 0 bridgehead atoms. The number of aryl methyl sites for hydroxylation is 1. The van der Waals surface area contributed by atoms with Gasteiger partial charge in [0.05, 0.1) is 5.39 Å². The fourth-order valence-electron chi connectivity index (χ4n) is 3.01. The van der Waals surface area contributed by atoms with Gasteiger partial charge >= 0.3 is 0 Å². The van der Waals surface area contributed by atoms with Crippen molar-refractivity contribution in [2.45, 2.75) is 43.8 Å². The van der Waals surface area contributed by atoms with Crippen molar-refractivity contribution in [2.75, 3.05) is 23.9 Å². The first-order chi connectivity index (χ1) is 10.2. The molecule has 6 heteroatoms. The number of nitrogens with one attached hydrogen (secondary N) is 1. The molecule has 0 unspecified atom stereocenters. The largest absolute Gasteiger partial charge is 0.368 e. The van der Waals surface area contributed by atoms with Crippen molar-refractivity contribution < 1.29 is 0 Å². The molecule has 2 aromatic rings. The van der Waals surface area contributed by atoms with Gasteiger partial charge in [0.1, 0.15) is 10.6 Å². The maximum Gasteiger partial charge on any atom is 0.223 e. The number of nitrogens with two attached hydrogens (primary N) is 1. The number of aromatic nitrogens is 2. The van der Waals surface area contributed by atoms with E-state index in [1.807, 2.05) is 11.8 Å². The Kier molecular flexibility index (Phi) is 4.26. The van der Waals surface area contributed by atoms with E-state index in [0.717, 1.165) is 29.0 Å². The van der Waals surface area contributed by atoms with Crippen LogP contribution in [0, 0.1) is 0 Å². The Balaban J connectivity index is 1.87. The van der Waals surface area contributed by atoms with Crippen LogP contribution >= 0.6 is 23.1 Å². The van der Waals surface area contributed by atoms with Gasteiger partial charge in [0.2, 0.25) is 5.95 Å². The van der Waals surface area contributed by atoms with E-state index in [4.69, 9.17) is 5.73 Å². The predicted octanol–water partition coefficient (Wildman–Crippen LogP) is 3.92. The van der Waals surface area contributed by atoms with Crippen molar-refractivity contribution in [3.05, 3.63) is 10.9 Å². The van der Waals surface area contributed by atoms with E-state index in [9.17, 15) is 0 Å². The molecule has 0 spiro atoms. The fourth-order valence-corrected chi connectivity index (χ4v) is 4.90. The summed E-state index contributed by atoms with van der Waals surface area (Å²) in [6, 6.07) is 2.20. The first-order valence-corrected chi connectivity index (χ1v) is 9.55. The van der Waals surface area contributed by atoms with E-state index < -0.39 is 0 Å². The monoisotopic (exact) mass is 322 g/mol. The molecule has 114 valence electrons. The lowest BCUT2D eigenvalue weighted by Gasteiger charge is -2.27. The molecule has 2 heterocycles. The van der Waals surface area contributed by atoms with Crippen LogP contribution in [0.1, 0.15) is 37.5 Å². The van der Waals surface area contributed by atoms with Crippen LogP contribution in [-0.2, 0) is 6.42 Å². The molecule has 1 aliphatic rings. The molecule has 2 aromatic heterocycles. The zero-order valence-corrected chi connectivity index (χ0v) is 14.2. The molecule has 0 amide bonds. The summed E-state index contributed by atoms with van der Waals surface area (Å²) in [6.45, 7) is 3.12. The first kappa shape index (κ1) is 14.9. The summed E-state index contributed by atoms with van der Waals surface area (Å²) in [5, 5.41) is 4.67. The number of hydrogen-bond acceptors (Lipinski definition) is 6. The number of nitrogen functional groups attached to an aromatic ring is 1. The SMILES string of the molecule is CCc1cc2c(NCC3(SC)CCCC3)nc(N)nc2s1. The molecule has 0 radical (unpaired) electrons. The normalized spacial score (nSPS) is 17.4. The van der Waals surface area contributed by atoms with Crippen LogP contribution in [0.15, 0.2) is 6.07 Å². The smallest absolute Gasteiger partial charge is 0.223 e. The fraction of sp³-hybridized carbons (Fsp3) is 0.600. The van der Waals surface area contributed by atoms with E-state index in [1.165, 1.54) is 30.6 Å². The Morgan fingerprint density at radius 3 is 2.81 bits per heavy atom. The maximum atomic E-state index is 5.86. The Hall–Kier alpha value is -1.01. The van der Waals surface area contributed by atoms with Crippen molar-refractivity contribution in [1.29, 1.82) is 0 Å². The van der Waals surface area contributed by atoms with Gasteiger partial charge in [0, 0.05) is 16.2 Å². The highest BCUT2D eigenvalue weighted by Crippen LogP contribution is 2.40. The Morgan fingerprint density at radius 1 is 1.38 bits per heavy atom. The highest BCUT2D eigenvalue weighted by molar-refractivity contribution is 8.00. The zero-order valence-electron chi connectivity index (χ0n) is 12.6. The average molecular weight is 323 g/mol. The van der Waals surface area contributed by atoms with Gasteiger partial charge in [-0.3, -0.25) is 0 Å². The van der Waals surface area contributed by atoms with Gasteiger partial charge in [0.25, 0.3) is 0 Å². The van der Waals surface area contributed by atoms with E-state index in [-0.39, 0.29) is 0 Å². The molecule has 1 aliphatic carbocycles. The van der Waals surface area contributed by atoms with Crippen molar-refractivity contribution >= 4 is 45.1 Å². The van der Waals surface area contributed by atoms with Gasteiger partial charge in [0.15, 0.2) is 0 Å². The van der Waals surface area contributed by atoms with Crippen LogP contribution in [0.3, 0.4) is 0 Å². The van der Waals surface area contributed by atoms with Crippen LogP contribution in [-0.4, -0.2) is 27.5 Å². The van der Waals surface area contributed by atoms with Crippen LogP contribution in [0.2, 0.25) is 0 Å². The lowest BCUT2D eigenvalue weighted by atomic mass is 10.1. The van der Waals surface area contributed by atoms with Crippen LogP contribution in [0.5, 0.6) is 0 Å². The molecule has 4 nitrogen and oxygen atoms in total. The lowest BCUT2D eigenvalue weighted by Crippen LogP contribution is -2.30. The zero-order chi connectivity index (χ0) is 14.9. The highest BCUT2D eigenvalue weighted by Gasteiger charge is 2.33. The summed E-state index contributed by atoms with van der Waals surface area (Å²) in [4.78, 5) is 11.1. The number of fused-ring (bicyclic) bond motifs is 1. The molecule has 1 saturated carbocycles. The molecule has 1 fully saturated rings. The summed E-state index contributed by atoms with van der Waals surface area (Å²) < 4.78 is 0.357. The standard InChI is InChI=1S/C15H22N4S2/c1-3-10-8-11-12(18-14(16)19-13(11)21-10)17-9-15(20-2)6-4-5-7-15/h8H,3-7,9H2,1-2H3,(H3,16,17,18,19). The minimum atomic E-state index is 0.357. The van der Waals surface area contributed by atoms with Gasteiger partial charge in [-0.1, -0.05) is 19.8 Å². The minimum absolute atomic E-state index is 0.357. The van der Waals surface area contributed by atoms with E-state index in [0.29, 0.717) is 10.7 Å². The third kappa shape index (κ3) is 2.97. The quantitative estimate of drug-likeness (QED) is 0.873. The highest BCUT2D eigenvalue weighted by atomic mass is 32.2. The molecular formula is C15H22N4S2. The van der Waals surface area contributed by atoms with Gasteiger partial charge in [-0.15, -0.1) is 11.3 Å². The molecule has 0 aliphatic heterocycles. The van der Waals surface area contributed by atoms with Gasteiger partial charge in [-0.05, 0) is 31.6 Å². The summed E-state index contributed by atoms with van der Waals surface area (Å²) >= 11 is 3.70. The Labute approximate surface area is 133 Å². The number of anilines is 2. The average Bonchev–Trinajstić information content (AvgIpc) is 3.11. The molecule has 3 N–H and O–H groups in total. The van der Waals surface area contributed by atoms with Crippen molar-refractivity contribution in [3.8, 4) is 0 Å². The third-order valence-corrected chi connectivity index (χ3v) is 6.93. The molecule has 0 saturated heterocycles. The number of thiophene rings is 1. The van der Waals surface area contributed by atoms with Gasteiger partial charge in [-0.2, -0.15) is 16.7 Å². The molecule has 21 heavy (non-hydrogen) atoms. The van der Waals surface area contributed by atoms with Crippen LogP contribution in [0.4, 0.5) is 11.8 Å². The summed E-state index contributed by atoms with van der Waals surface area (Å²) in [7, 11) is 0. The number of thioether (sulfide) groups is 1. The Morgan fingerprint density at radius 2 is 2.14 bits per heavy atom. The second-order valence-corrected chi connectivity index (χ2v) is 8.05. The number of hydrogen-bond donors (Lipinski definition) is 2. The molecule has 0 atom stereocenters. The number of rotatable bonds is 5. The second kappa shape index (κ2) is 6.01. The summed E-state index contributed by atoms with van der Waals surface area (Å²) in [5.41, 5.74) is 5.86. The second-order valence-electron chi connectivity index (χ2n) is 5.66. The van der Waals surface area contributed by atoms with Crippen LogP contribution < -0.4 is 11.1 Å². The summed E-state index contributed by atoms with van der Waals surface area (Å²) in [6.07, 6.45) is 8.49. The summed E-state index contributed by atoms with van der Waals surface area (Å²) in [5.74, 6) is 1.26. The van der Waals surface area contributed by atoms with Gasteiger partial charge < -0.3 is 11.1 Å². The van der Waals surface area contributed by atoms with E-state index >= 15 is 0 Å². The Bertz CT molecular complexity index is 632. The molecule has 0 aromatic carbocycles. The predicted molar refractivity (Wildman–Crippen MR) is 94.4 cm³/mol. The first-order valence-electron chi connectivity index (χ1n) is 7.51. The van der Waals surface area contributed by atoms with E-state index in [1.54, 1.807) is 11.3 Å². The van der Waals surface area contributed by atoms with Crippen molar-refractivity contribution in [2.24, 2.45) is 0 Å². The van der Waals surface area contributed by atoms with Crippen LogP contribution in [0.25, 0.3) is 10.2 Å². The van der Waals surface area contributed by atoms with Crippen molar-refractivity contribution in [1.82, 2.24) is 9.97 Å². The topological polar surface area (TPSA) is 63.8 Å². The lowest BCUT2D eigenvalue weighted by molar-refractivity contribution is 0.639. The molecule has 3 rings (SSSR count). The van der Waals surface area contributed by atoms with Gasteiger partial charge in [-0.25, -0.2) is 4.98 Å². The minimum Gasteiger partial charge on any atom is -0.368 e.